The molecule has 0 radical (unpaired) electrons. The van der Waals surface area contributed by atoms with E-state index in [0.717, 1.165) is 16.2 Å². The Bertz CT molecular complexity index is 482. The van der Waals surface area contributed by atoms with Crippen LogP contribution in [0.1, 0.15) is 12.0 Å². The van der Waals surface area contributed by atoms with Crippen molar-refractivity contribution in [3.63, 3.8) is 0 Å². The summed E-state index contributed by atoms with van der Waals surface area (Å²) in [7, 11) is 0. The summed E-state index contributed by atoms with van der Waals surface area (Å²) in [6.07, 6.45) is 3.04. The van der Waals surface area contributed by atoms with E-state index in [2.05, 4.69) is 5.32 Å². The maximum absolute atomic E-state index is 12.2. The Morgan fingerprint density at radius 2 is 2.25 bits per heavy atom. The second kappa shape index (κ2) is 7.04. The Morgan fingerprint density at radius 3 is 2.90 bits per heavy atom. The van der Waals surface area contributed by atoms with Crippen molar-refractivity contribution in [1.29, 1.82) is 0 Å². The second-order valence-corrected chi connectivity index (χ2v) is 6.83. The zero-order valence-electron chi connectivity index (χ0n) is 11.2. The van der Waals surface area contributed by atoms with Crippen molar-refractivity contribution in [2.75, 3.05) is 12.0 Å². The van der Waals surface area contributed by atoms with E-state index < -0.39 is 12.0 Å². The van der Waals surface area contributed by atoms with Gasteiger partial charge in [-0.3, -0.25) is 4.79 Å². The first kappa shape index (κ1) is 15.3. The molecule has 0 saturated heterocycles. The van der Waals surface area contributed by atoms with Crippen molar-refractivity contribution in [2.45, 2.75) is 29.0 Å². The third-order valence-corrected chi connectivity index (χ3v) is 5.13. The molecule has 20 heavy (non-hydrogen) atoms. The molecule has 2 atom stereocenters. The van der Waals surface area contributed by atoms with E-state index in [1.165, 1.54) is 11.8 Å². The Kier molecular flexibility index (Phi) is 5.37. The van der Waals surface area contributed by atoms with Gasteiger partial charge in [-0.15, -0.1) is 11.8 Å². The van der Waals surface area contributed by atoms with E-state index in [4.69, 9.17) is 5.11 Å². The van der Waals surface area contributed by atoms with Gasteiger partial charge < -0.3 is 10.4 Å². The summed E-state index contributed by atoms with van der Waals surface area (Å²) in [5, 5.41) is 11.6. The molecule has 1 aliphatic heterocycles. The van der Waals surface area contributed by atoms with Crippen LogP contribution in [0.5, 0.6) is 0 Å². The van der Waals surface area contributed by atoms with Crippen LogP contribution in [0.3, 0.4) is 0 Å². The normalized spacial score (nSPS) is 18.4. The number of rotatable bonds is 6. The first-order chi connectivity index (χ1) is 9.61. The van der Waals surface area contributed by atoms with Gasteiger partial charge in [0.15, 0.2) is 0 Å². The molecule has 2 N–H and O–H groups in total. The molecule has 0 aromatic heterocycles. The van der Waals surface area contributed by atoms with Gasteiger partial charge in [0.25, 0.3) is 0 Å². The van der Waals surface area contributed by atoms with Crippen LogP contribution in [0, 0.1) is 0 Å². The average molecular weight is 311 g/mol. The maximum Gasteiger partial charge on any atom is 0.326 e. The lowest BCUT2D eigenvalue weighted by Gasteiger charge is -2.16. The van der Waals surface area contributed by atoms with Gasteiger partial charge in [0, 0.05) is 4.90 Å². The highest BCUT2D eigenvalue weighted by Gasteiger charge is 2.30. The van der Waals surface area contributed by atoms with Crippen LogP contribution in [0.4, 0.5) is 0 Å². The second-order valence-electron chi connectivity index (χ2n) is 4.60. The highest BCUT2D eigenvalue weighted by atomic mass is 32.2. The molecule has 2 rings (SSSR count). The lowest BCUT2D eigenvalue weighted by atomic mass is 10.1. The fourth-order valence-electron chi connectivity index (χ4n) is 2.09. The highest BCUT2D eigenvalue weighted by molar-refractivity contribution is 8.01. The summed E-state index contributed by atoms with van der Waals surface area (Å²) in [5.74, 6) is -0.428. The van der Waals surface area contributed by atoms with E-state index >= 15 is 0 Å². The van der Waals surface area contributed by atoms with Crippen LogP contribution in [0.25, 0.3) is 0 Å². The van der Waals surface area contributed by atoms with E-state index in [1.54, 1.807) is 11.8 Å². The van der Waals surface area contributed by atoms with Crippen LogP contribution in [0.2, 0.25) is 0 Å². The number of amides is 1. The molecule has 1 aliphatic rings. The smallest absolute Gasteiger partial charge is 0.326 e. The first-order valence-corrected chi connectivity index (χ1v) is 8.66. The monoisotopic (exact) mass is 311 g/mol. The SMILES string of the molecule is CSCCC(NC(=O)C1Cc2ccccc2S1)C(=O)O. The number of nitrogens with one attached hydrogen (secondary N) is 1. The summed E-state index contributed by atoms with van der Waals surface area (Å²) in [6.45, 7) is 0. The minimum Gasteiger partial charge on any atom is -0.480 e. The number of carbonyl (C=O) groups is 2. The van der Waals surface area contributed by atoms with Crippen molar-refractivity contribution < 1.29 is 14.7 Å². The Balaban J connectivity index is 1.94. The zero-order chi connectivity index (χ0) is 14.5. The van der Waals surface area contributed by atoms with Gasteiger partial charge in [-0.25, -0.2) is 4.79 Å². The molecule has 0 spiro atoms. The van der Waals surface area contributed by atoms with E-state index in [-0.39, 0.29) is 11.2 Å². The van der Waals surface area contributed by atoms with Crippen LogP contribution >= 0.6 is 23.5 Å². The molecule has 0 bridgehead atoms. The molecule has 6 heteroatoms. The summed E-state index contributed by atoms with van der Waals surface area (Å²) in [6, 6.07) is 7.12. The molecule has 0 aliphatic carbocycles. The van der Waals surface area contributed by atoms with Gasteiger partial charge in [0.1, 0.15) is 6.04 Å². The van der Waals surface area contributed by atoms with Gasteiger partial charge in [0.05, 0.1) is 5.25 Å². The largest absolute Gasteiger partial charge is 0.480 e. The van der Waals surface area contributed by atoms with Crippen molar-refractivity contribution in [3.8, 4) is 0 Å². The molecule has 1 amide bonds. The van der Waals surface area contributed by atoms with Crippen LogP contribution < -0.4 is 5.32 Å². The maximum atomic E-state index is 12.2. The van der Waals surface area contributed by atoms with Gasteiger partial charge in [-0.05, 0) is 36.5 Å². The minimum absolute atomic E-state index is 0.181. The fourth-order valence-corrected chi connectivity index (χ4v) is 3.76. The number of carbonyl (C=O) groups excluding carboxylic acids is 1. The average Bonchev–Trinajstić information content (AvgIpc) is 2.86. The number of hydrogen-bond acceptors (Lipinski definition) is 4. The molecule has 0 saturated carbocycles. The number of aliphatic carboxylic acids is 1. The Hall–Kier alpha value is -1.14. The molecule has 1 aromatic rings. The minimum atomic E-state index is -0.965. The molecule has 2 unspecified atom stereocenters. The number of hydrogen-bond donors (Lipinski definition) is 2. The summed E-state index contributed by atoms with van der Waals surface area (Å²) in [4.78, 5) is 24.4. The van der Waals surface area contributed by atoms with Gasteiger partial charge in [-0.1, -0.05) is 18.2 Å². The Labute approximate surface area is 126 Å². The van der Waals surface area contributed by atoms with E-state index in [9.17, 15) is 9.59 Å². The summed E-state index contributed by atoms with van der Waals surface area (Å²) in [5.41, 5.74) is 1.16. The van der Waals surface area contributed by atoms with Crippen molar-refractivity contribution >= 4 is 35.4 Å². The van der Waals surface area contributed by atoms with Crippen LogP contribution in [-0.2, 0) is 16.0 Å². The topological polar surface area (TPSA) is 66.4 Å². The lowest BCUT2D eigenvalue weighted by Crippen LogP contribution is -2.44. The first-order valence-electron chi connectivity index (χ1n) is 6.38. The van der Waals surface area contributed by atoms with Gasteiger partial charge in [-0.2, -0.15) is 11.8 Å². The number of fused-ring (bicyclic) bond motifs is 1. The third-order valence-electron chi connectivity index (χ3n) is 3.16. The quantitative estimate of drug-likeness (QED) is 0.841. The molecule has 0 fully saturated rings. The lowest BCUT2D eigenvalue weighted by molar-refractivity contribution is -0.141. The zero-order valence-corrected chi connectivity index (χ0v) is 12.8. The number of carboxylic acid groups (broad SMARTS) is 1. The van der Waals surface area contributed by atoms with E-state index in [1.807, 2.05) is 30.5 Å². The predicted octanol–water partition coefficient (Wildman–Crippen LogP) is 2.03. The van der Waals surface area contributed by atoms with E-state index in [0.29, 0.717) is 12.8 Å². The Morgan fingerprint density at radius 1 is 1.50 bits per heavy atom. The molecule has 1 aromatic carbocycles. The molecular weight excluding hydrogens is 294 g/mol. The van der Waals surface area contributed by atoms with Crippen molar-refractivity contribution in [3.05, 3.63) is 29.8 Å². The van der Waals surface area contributed by atoms with Gasteiger partial charge >= 0.3 is 5.97 Å². The van der Waals surface area contributed by atoms with Crippen LogP contribution in [0.15, 0.2) is 29.2 Å². The fraction of sp³-hybridized carbons (Fsp3) is 0.429. The standard InChI is InChI=1S/C14H17NO3S2/c1-19-7-6-10(14(17)18)15-13(16)12-8-9-4-2-3-5-11(9)20-12/h2-5,10,12H,6-8H2,1H3,(H,15,16)(H,17,18). The highest BCUT2D eigenvalue weighted by Crippen LogP contribution is 2.36. The summed E-state index contributed by atoms with van der Waals surface area (Å²) < 4.78 is 0. The van der Waals surface area contributed by atoms with Crippen LogP contribution in [-0.4, -0.2) is 40.3 Å². The molecule has 1 heterocycles. The van der Waals surface area contributed by atoms with Crippen molar-refractivity contribution in [2.24, 2.45) is 0 Å². The number of carboxylic acids is 1. The van der Waals surface area contributed by atoms with Gasteiger partial charge in [0.2, 0.25) is 5.91 Å². The number of benzene rings is 1. The van der Waals surface area contributed by atoms with Crippen molar-refractivity contribution in [1.82, 2.24) is 5.32 Å². The molecular formula is C14H17NO3S2. The summed E-state index contributed by atoms with van der Waals surface area (Å²) >= 11 is 3.09. The predicted molar refractivity (Wildman–Crippen MR) is 82.4 cm³/mol. The molecule has 4 nitrogen and oxygen atoms in total. The number of thioether (sulfide) groups is 2. The molecule has 108 valence electrons. The third kappa shape index (κ3) is 3.70.